The smallest absolute Gasteiger partial charge is 0.235 e. The molecule has 0 aliphatic carbocycles. The minimum Gasteiger partial charge on any atom is -0.392 e. The Morgan fingerprint density at radius 3 is 2.29 bits per heavy atom. The van der Waals surface area contributed by atoms with Gasteiger partial charge in [0.2, 0.25) is 5.91 Å². The van der Waals surface area contributed by atoms with Gasteiger partial charge in [-0.2, -0.15) is 0 Å². The van der Waals surface area contributed by atoms with Crippen molar-refractivity contribution >= 4 is 28.8 Å². The Morgan fingerprint density at radius 1 is 1.24 bits per heavy atom. The van der Waals surface area contributed by atoms with Crippen molar-refractivity contribution in [3.8, 4) is 0 Å². The number of hydrogen-bond donors (Lipinski definition) is 1. The maximum absolute atomic E-state index is 12.7. The molecule has 0 saturated carbocycles. The van der Waals surface area contributed by atoms with Crippen molar-refractivity contribution in [2.24, 2.45) is 11.1 Å². The van der Waals surface area contributed by atoms with Crippen LogP contribution in [0.5, 0.6) is 0 Å². The van der Waals surface area contributed by atoms with Crippen LogP contribution in [0.4, 0.5) is 5.69 Å². The van der Waals surface area contributed by atoms with Gasteiger partial charge in [-0.05, 0) is 25.5 Å². The van der Waals surface area contributed by atoms with Gasteiger partial charge in [-0.15, -0.1) is 0 Å². The zero-order chi connectivity index (χ0) is 15.5. The fourth-order valence-electron chi connectivity index (χ4n) is 2.59. The monoisotopic (exact) mass is 305 g/mol. The highest BCUT2D eigenvalue weighted by Gasteiger charge is 2.38. The first-order valence-electron chi connectivity index (χ1n) is 7.38. The minimum absolute atomic E-state index is 0.0604. The zero-order valence-corrected chi connectivity index (χ0v) is 13.5. The number of amides is 1. The molecular formula is C16H23N3OS. The van der Waals surface area contributed by atoms with Crippen molar-refractivity contribution in [3.05, 3.63) is 30.3 Å². The van der Waals surface area contributed by atoms with Crippen LogP contribution in [0, 0.1) is 5.41 Å². The van der Waals surface area contributed by atoms with Crippen molar-refractivity contribution in [1.82, 2.24) is 4.90 Å². The predicted octanol–water partition coefficient (Wildman–Crippen LogP) is 2.04. The van der Waals surface area contributed by atoms with Gasteiger partial charge in [0, 0.05) is 31.9 Å². The summed E-state index contributed by atoms with van der Waals surface area (Å²) in [5.41, 5.74) is 6.27. The second-order valence-corrected chi connectivity index (χ2v) is 6.10. The average Bonchev–Trinajstić information content (AvgIpc) is 2.54. The third-order valence-electron chi connectivity index (χ3n) is 4.41. The van der Waals surface area contributed by atoms with Gasteiger partial charge >= 0.3 is 0 Å². The molecule has 4 nitrogen and oxygen atoms in total. The number of nitrogens with zero attached hydrogens (tertiary/aromatic N) is 2. The summed E-state index contributed by atoms with van der Waals surface area (Å²) in [4.78, 5) is 17.2. The number of benzene rings is 1. The highest BCUT2D eigenvalue weighted by molar-refractivity contribution is 7.80. The predicted molar refractivity (Wildman–Crippen MR) is 90.4 cm³/mol. The Labute approximate surface area is 131 Å². The molecule has 2 N–H and O–H groups in total. The van der Waals surface area contributed by atoms with E-state index in [-0.39, 0.29) is 5.91 Å². The molecule has 1 atom stereocenters. The van der Waals surface area contributed by atoms with E-state index in [4.69, 9.17) is 18.0 Å². The van der Waals surface area contributed by atoms with E-state index in [0.29, 0.717) is 24.5 Å². The van der Waals surface area contributed by atoms with Gasteiger partial charge in [-0.1, -0.05) is 37.3 Å². The van der Waals surface area contributed by atoms with Crippen LogP contribution >= 0.6 is 12.2 Å². The van der Waals surface area contributed by atoms with E-state index in [2.05, 4.69) is 17.0 Å². The summed E-state index contributed by atoms with van der Waals surface area (Å²) < 4.78 is 0. The van der Waals surface area contributed by atoms with Crippen LogP contribution in [0.25, 0.3) is 0 Å². The lowest BCUT2D eigenvalue weighted by molar-refractivity contribution is -0.138. The van der Waals surface area contributed by atoms with Gasteiger partial charge in [0.25, 0.3) is 0 Å². The maximum Gasteiger partial charge on any atom is 0.235 e. The number of carbonyl (C=O) groups excluding carboxylic acids is 1. The Hall–Kier alpha value is -1.62. The van der Waals surface area contributed by atoms with E-state index in [1.165, 1.54) is 5.69 Å². The summed E-state index contributed by atoms with van der Waals surface area (Å²) in [5, 5.41) is 0. The number of nitrogens with two attached hydrogens (primary N) is 1. The van der Waals surface area contributed by atoms with Crippen molar-refractivity contribution in [2.45, 2.75) is 20.3 Å². The molecule has 5 heteroatoms. The van der Waals surface area contributed by atoms with Crippen molar-refractivity contribution in [2.75, 3.05) is 31.1 Å². The largest absolute Gasteiger partial charge is 0.392 e. The van der Waals surface area contributed by atoms with Crippen molar-refractivity contribution in [1.29, 1.82) is 0 Å². The average molecular weight is 305 g/mol. The van der Waals surface area contributed by atoms with Crippen molar-refractivity contribution in [3.63, 3.8) is 0 Å². The summed E-state index contributed by atoms with van der Waals surface area (Å²) in [5.74, 6) is 0.0604. The Bertz CT molecular complexity index is 512. The molecule has 1 unspecified atom stereocenters. The number of rotatable bonds is 4. The number of carbonyl (C=O) groups is 1. The SMILES string of the molecule is CCC(C)(C(=O)N1CCN(c2ccccc2)CC1)C(N)=S. The molecule has 1 amide bonds. The first kappa shape index (κ1) is 15.8. The quantitative estimate of drug-likeness (QED) is 0.865. The molecule has 2 rings (SSSR count). The van der Waals surface area contributed by atoms with Crippen LogP contribution in [0.2, 0.25) is 0 Å². The van der Waals surface area contributed by atoms with Gasteiger partial charge in [-0.3, -0.25) is 4.79 Å². The number of thiocarbonyl (C=S) groups is 1. The van der Waals surface area contributed by atoms with E-state index in [1.807, 2.05) is 36.9 Å². The van der Waals surface area contributed by atoms with Crippen LogP contribution in [0.1, 0.15) is 20.3 Å². The lowest BCUT2D eigenvalue weighted by atomic mass is 9.85. The molecule has 0 radical (unpaired) electrons. The number of hydrogen-bond acceptors (Lipinski definition) is 3. The molecule has 1 aromatic rings. The second-order valence-electron chi connectivity index (χ2n) is 5.66. The third-order valence-corrected chi connectivity index (χ3v) is 4.86. The molecule has 0 aromatic heterocycles. The standard InChI is InChI=1S/C16H23N3OS/c1-3-16(2,14(17)21)15(20)19-11-9-18(10-12-19)13-7-5-4-6-8-13/h4-8H,3,9-12H2,1-2H3,(H2,17,21). The normalized spacial score (nSPS) is 18.2. The van der Waals surface area contributed by atoms with Crippen molar-refractivity contribution < 1.29 is 4.79 Å². The van der Waals surface area contributed by atoms with E-state index in [9.17, 15) is 4.79 Å². The molecule has 0 bridgehead atoms. The molecule has 114 valence electrons. The minimum atomic E-state index is -0.718. The number of para-hydroxylation sites is 1. The van der Waals surface area contributed by atoms with Gasteiger partial charge in [0.05, 0.1) is 10.4 Å². The Kier molecular flexibility index (Phi) is 4.83. The van der Waals surface area contributed by atoms with Crippen LogP contribution in [0.15, 0.2) is 30.3 Å². The molecule has 21 heavy (non-hydrogen) atoms. The van der Waals surface area contributed by atoms with Crippen LogP contribution in [-0.2, 0) is 4.79 Å². The molecule has 1 aromatic carbocycles. The van der Waals surface area contributed by atoms with Gasteiger partial charge in [-0.25, -0.2) is 0 Å². The Balaban J connectivity index is 2.01. The topological polar surface area (TPSA) is 49.6 Å². The summed E-state index contributed by atoms with van der Waals surface area (Å²) in [6, 6.07) is 10.3. The van der Waals surface area contributed by atoms with Crippen LogP contribution in [0.3, 0.4) is 0 Å². The molecule has 1 heterocycles. The van der Waals surface area contributed by atoms with Gasteiger partial charge < -0.3 is 15.5 Å². The first-order valence-corrected chi connectivity index (χ1v) is 7.79. The summed E-state index contributed by atoms with van der Waals surface area (Å²) in [6.45, 7) is 6.91. The number of anilines is 1. The Morgan fingerprint density at radius 2 is 1.81 bits per heavy atom. The summed E-state index contributed by atoms with van der Waals surface area (Å²) in [7, 11) is 0. The van der Waals surface area contributed by atoms with E-state index >= 15 is 0 Å². The molecule has 1 saturated heterocycles. The van der Waals surface area contributed by atoms with Crippen LogP contribution in [-0.4, -0.2) is 42.0 Å². The third kappa shape index (κ3) is 3.18. The summed E-state index contributed by atoms with van der Waals surface area (Å²) in [6.07, 6.45) is 0.639. The highest BCUT2D eigenvalue weighted by atomic mass is 32.1. The van der Waals surface area contributed by atoms with E-state index < -0.39 is 5.41 Å². The molecular weight excluding hydrogens is 282 g/mol. The first-order chi connectivity index (χ1) is 9.99. The van der Waals surface area contributed by atoms with E-state index in [1.54, 1.807) is 0 Å². The lowest BCUT2D eigenvalue weighted by Gasteiger charge is -2.40. The molecule has 1 aliphatic rings. The second kappa shape index (κ2) is 6.43. The van der Waals surface area contributed by atoms with Gasteiger partial charge in [0.1, 0.15) is 0 Å². The van der Waals surface area contributed by atoms with E-state index in [0.717, 1.165) is 13.1 Å². The fraction of sp³-hybridized carbons (Fsp3) is 0.500. The van der Waals surface area contributed by atoms with Gasteiger partial charge in [0.15, 0.2) is 0 Å². The summed E-state index contributed by atoms with van der Waals surface area (Å²) >= 11 is 5.09. The zero-order valence-electron chi connectivity index (χ0n) is 12.7. The van der Waals surface area contributed by atoms with Crippen LogP contribution < -0.4 is 10.6 Å². The highest BCUT2D eigenvalue weighted by Crippen LogP contribution is 2.26. The number of piperazine rings is 1. The lowest BCUT2D eigenvalue weighted by Crippen LogP contribution is -2.55. The molecule has 1 fully saturated rings. The molecule has 0 spiro atoms. The fourth-order valence-corrected chi connectivity index (χ4v) is 2.82. The molecule has 1 aliphatic heterocycles. The maximum atomic E-state index is 12.7.